The molecule has 18 heavy (non-hydrogen) atoms. The summed E-state index contributed by atoms with van der Waals surface area (Å²) < 4.78 is 3.99. The van der Waals surface area contributed by atoms with Crippen molar-refractivity contribution in [3.8, 4) is 6.07 Å². The SMILES string of the molecule is CC(C)(CNc1snc(N)c1C#N)c1cccs1. The molecule has 2 rings (SSSR count). The predicted molar refractivity (Wildman–Crippen MR) is 77.1 cm³/mol. The first kappa shape index (κ1) is 12.9. The van der Waals surface area contributed by atoms with Crippen LogP contribution in [0.25, 0.3) is 0 Å². The first-order valence-corrected chi connectivity index (χ1v) is 7.13. The smallest absolute Gasteiger partial charge is 0.157 e. The molecule has 0 radical (unpaired) electrons. The Bertz CT molecular complexity index is 563. The molecule has 0 unspecified atom stereocenters. The van der Waals surface area contributed by atoms with Crippen LogP contribution in [0, 0.1) is 11.3 Å². The molecule has 0 saturated heterocycles. The van der Waals surface area contributed by atoms with E-state index in [0.717, 1.165) is 11.5 Å². The molecule has 0 aliphatic rings. The number of thiophene rings is 1. The highest BCUT2D eigenvalue weighted by atomic mass is 32.1. The highest BCUT2D eigenvalue weighted by molar-refractivity contribution is 7.11. The number of hydrogen-bond donors (Lipinski definition) is 2. The molecule has 6 heteroatoms. The van der Waals surface area contributed by atoms with Crippen molar-refractivity contribution >= 4 is 33.7 Å². The lowest BCUT2D eigenvalue weighted by molar-refractivity contribution is 0.570. The third-order valence-corrected chi connectivity index (χ3v) is 4.76. The second kappa shape index (κ2) is 4.96. The highest BCUT2D eigenvalue weighted by Crippen LogP contribution is 2.30. The second-order valence-electron chi connectivity index (χ2n) is 4.60. The van der Waals surface area contributed by atoms with Gasteiger partial charge in [0.05, 0.1) is 0 Å². The van der Waals surface area contributed by atoms with Crippen molar-refractivity contribution in [2.75, 3.05) is 17.6 Å². The summed E-state index contributed by atoms with van der Waals surface area (Å²) in [4.78, 5) is 1.31. The third kappa shape index (κ3) is 2.47. The van der Waals surface area contributed by atoms with Gasteiger partial charge in [-0.3, -0.25) is 0 Å². The Morgan fingerprint density at radius 2 is 2.33 bits per heavy atom. The van der Waals surface area contributed by atoms with Gasteiger partial charge < -0.3 is 11.1 Å². The summed E-state index contributed by atoms with van der Waals surface area (Å²) in [5.41, 5.74) is 6.08. The first-order chi connectivity index (χ1) is 8.54. The maximum atomic E-state index is 9.00. The van der Waals surface area contributed by atoms with Gasteiger partial charge in [-0.1, -0.05) is 19.9 Å². The Hall–Kier alpha value is -1.58. The molecule has 0 aliphatic carbocycles. The van der Waals surface area contributed by atoms with E-state index < -0.39 is 0 Å². The average molecular weight is 278 g/mol. The maximum Gasteiger partial charge on any atom is 0.157 e. The lowest BCUT2D eigenvalue weighted by atomic mass is 9.91. The minimum Gasteiger partial charge on any atom is -0.382 e. The van der Waals surface area contributed by atoms with Crippen LogP contribution in [-0.4, -0.2) is 10.9 Å². The fourth-order valence-corrected chi connectivity index (χ4v) is 3.09. The molecule has 0 bridgehead atoms. The van der Waals surface area contributed by atoms with Gasteiger partial charge in [-0.25, -0.2) is 0 Å². The van der Waals surface area contributed by atoms with Gasteiger partial charge >= 0.3 is 0 Å². The van der Waals surface area contributed by atoms with Gasteiger partial charge in [-0.2, -0.15) is 9.64 Å². The molecule has 0 atom stereocenters. The van der Waals surface area contributed by atoms with E-state index in [-0.39, 0.29) is 5.41 Å². The fourth-order valence-electron chi connectivity index (χ4n) is 1.58. The molecule has 2 aromatic heterocycles. The number of nitrogens with two attached hydrogens (primary N) is 1. The van der Waals surface area contributed by atoms with Gasteiger partial charge in [0.15, 0.2) is 5.82 Å². The van der Waals surface area contributed by atoms with Crippen LogP contribution in [0.15, 0.2) is 17.5 Å². The topological polar surface area (TPSA) is 74.7 Å². The van der Waals surface area contributed by atoms with E-state index in [1.54, 1.807) is 11.3 Å². The number of nitriles is 1. The Morgan fingerprint density at radius 3 is 2.94 bits per heavy atom. The summed E-state index contributed by atoms with van der Waals surface area (Å²) in [7, 11) is 0. The number of nitrogens with one attached hydrogen (secondary N) is 1. The van der Waals surface area contributed by atoms with Crippen molar-refractivity contribution in [1.82, 2.24) is 4.37 Å². The molecule has 94 valence electrons. The van der Waals surface area contributed by atoms with Gasteiger partial charge in [0.1, 0.15) is 16.6 Å². The van der Waals surface area contributed by atoms with E-state index in [0.29, 0.717) is 11.4 Å². The van der Waals surface area contributed by atoms with Crippen molar-refractivity contribution in [3.05, 3.63) is 28.0 Å². The van der Waals surface area contributed by atoms with Crippen LogP contribution in [0.3, 0.4) is 0 Å². The van der Waals surface area contributed by atoms with Gasteiger partial charge in [-0.15, -0.1) is 11.3 Å². The Balaban J connectivity index is 2.10. The molecule has 3 N–H and O–H groups in total. The van der Waals surface area contributed by atoms with Crippen LogP contribution >= 0.6 is 22.9 Å². The Morgan fingerprint density at radius 1 is 1.56 bits per heavy atom. The van der Waals surface area contributed by atoms with Gasteiger partial charge in [-0.05, 0) is 23.0 Å². The lowest BCUT2D eigenvalue weighted by Gasteiger charge is -2.23. The zero-order chi connectivity index (χ0) is 13.2. The number of aromatic nitrogens is 1. The molecule has 2 aromatic rings. The summed E-state index contributed by atoms with van der Waals surface area (Å²) in [5.74, 6) is 0.305. The van der Waals surface area contributed by atoms with E-state index in [1.807, 2.05) is 6.07 Å². The number of rotatable bonds is 4. The molecule has 0 amide bonds. The Kier molecular flexibility index (Phi) is 3.55. The molecule has 0 fully saturated rings. The summed E-state index contributed by atoms with van der Waals surface area (Å²) in [6.45, 7) is 5.08. The molecule has 4 nitrogen and oxygen atoms in total. The maximum absolute atomic E-state index is 9.00. The lowest BCUT2D eigenvalue weighted by Crippen LogP contribution is -2.26. The highest BCUT2D eigenvalue weighted by Gasteiger charge is 2.22. The molecular formula is C12H14N4S2. The number of nitrogen functional groups attached to an aromatic ring is 1. The average Bonchev–Trinajstić information content (AvgIpc) is 2.95. The van der Waals surface area contributed by atoms with Crippen LogP contribution < -0.4 is 11.1 Å². The van der Waals surface area contributed by atoms with Gasteiger partial charge in [0, 0.05) is 16.8 Å². The number of nitrogens with zero attached hydrogens (tertiary/aromatic N) is 2. The van der Waals surface area contributed by atoms with Gasteiger partial charge in [0.25, 0.3) is 0 Å². The van der Waals surface area contributed by atoms with Crippen molar-refractivity contribution < 1.29 is 0 Å². The van der Waals surface area contributed by atoms with Crippen molar-refractivity contribution in [2.24, 2.45) is 0 Å². The first-order valence-electron chi connectivity index (χ1n) is 5.47. The molecule has 0 aromatic carbocycles. The second-order valence-corrected chi connectivity index (χ2v) is 6.32. The summed E-state index contributed by atoms with van der Waals surface area (Å²) in [6, 6.07) is 6.25. The van der Waals surface area contributed by atoms with Crippen molar-refractivity contribution in [3.63, 3.8) is 0 Å². The third-order valence-electron chi connectivity index (χ3n) is 2.71. The molecule has 2 heterocycles. The minimum atomic E-state index is 0.0135. The van der Waals surface area contributed by atoms with Crippen LogP contribution in [-0.2, 0) is 5.41 Å². The quantitative estimate of drug-likeness (QED) is 0.901. The zero-order valence-electron chi connectivity index (χ0n) is 10.2. The zero-order valence-corrected chi connectivity index (χ0v) is 11.9. The van der Waals surface area contributed by atoms with Crippen molar-refractivity contribution in [1.29, 1.82) is 5.26 Å². The Labute approximate surface area is 114 Å². The van der Waals surface area contributed by atoms with Crippen LogP contribution in [0.2, 0.25) is 0 Å². The molecule has 0 saturated carbocycles. The standard InChI is InChI=1S/C12H14N4S2/c1-12(2,9-4-3-5-17-9)7-15-11-8(6-13)10(14)16-18-11/h3-5,15H,7H2,1-2H3,(H2,14,16). The minimum absolute atomic E-state index is 0.0135. The monoisotopic (exact) mass is 278 g/mol. The van der Waals surface area contributed by atoms with E-state index in [1.165, 1.54) is 16.4 Å². The van der Waals surface area contributed by atoms with Crippen LogP contribution in [0.4, 0.5) is 10.8 Å². The molecule has 0 spiro atoms. The fraction of sp³-hybridized carbons (Fsp3) is 0.333. The number of anilines is 2. The molecule has 0 aliphatic heterocycles. The predicted octanol–water partition coefficient (Wildman–Crippen LogP) is 3.05. The largest absolute Gasteiger partial charge is 0.382 e. The summed E-state index contributed by atoms with van der Waals surface area (Å²) in [5, 5.41) is 15.1. The van der Waals surface area contributed by atoms with E-state index in [4.69, 9.17) is 11.0 Å². The summed E-state index contributed by atoms with van der Waals surface area (Å²) in [6.07, 6.45) is 0. The number of hydrogen-bond acceptors (Lipinski definition) is 6. The molecular weight excluding hydrogens is 264 g/mol. The normalized spacial score (nSPS) is 11.2. The summed E-state index contributed by atoms with van der Waals surface area (Å²) >= 11 is 2.97. The van der Waals surface area contributed by atoms with Crippen molar-refractivity contribution in [2.45, 2.75) is 19.3 Å². The van der Waals surface area contributed by atoms with E-state index >= 15 is 0 Å². The van der Waals surface area contributed by atoms with E-state index in [2.05, 4.69) is 41.1 Å². The van der Waals surface area contributed by atoms with E-state index in [9.17, 15) is 0 Å². The van der Waals surface area contributed by atoms with Gasteiger partial charge in [0.2, 0.25) is 0 Å². The van der Waals surface area contributed by atoms with Crippen LogP contribution in [0.1, 0.15) is 24.3 Å². The van der Waals surface area contributed by atoms with Crippen LogP contribution in [0.5, 0.6) is 0 Å².